The van der Waals surface area contributed by atoms with Gasteiger partial charge in [-0.05, 0) is 60.5 Å². The standard InChI is InChI=1S/C24H20BrN3O5/c1-15-6-3-4-9-19(15)27-22(29)23(30)28-26-14-16-10-11-20(21(12-16)32-2)33-24(31)17-7-5-8-18(25)13-17/h3-14H,1-2H3,(H,27,29)(H,28,30)/b26-14-. The van der Waals surface area contributed by atoms with Gasteiger partial charge in [0.2, 0.25) is 0 Å². The number of aryl methyl sites for hydroxylation is 1. The number of rotatable bonds is 6. The van der Waals surface area contributed by atoms with Crippen LogP contribution in [0.2, 0.25) is 0 Å². The molecule has 0 saturated carbocycles. The van der Waals surface area contributed by atoms with E-state index < -0.39 is 17.8 Å². The van der Waals surface area contributed by atoms with E-state index in [0.29, 0.717) is 22.6 Å². The molecule has 0 heterocycles. The molecule has 3 rings (SSSR count). The van der Waals surface area contributed by atoms with Gasteiger partial charge in [0.05, 0.1) is 18.9 Å². The van der Waals surface area contributed by atoms with Crippen molar-refractivity contribution < 1.29 is 23.9 Å². The lowest BCUT2D eigenvalue weighted by Gasteiger charge is -2.10. The number of carbonyl (C=O) groups excluding carboxylic acids is 3. The molecule has 0 aromatic heterocycles. The van der Waals surface area contributed by atoms with E-state index in [4.69, 9.17) is 9.47 Å². The summed E-state index contributed by atoms with van der Waals surface area (Å²) in [6.45, 7) is 1.82. The second-order valence-electron chi connectivity index (χ2n) is 6.78. The number of amides is 2. The zero-order chi connectivity index (χ0) is 23.8. The van der Waals surface area contributed by atoms with Crippen molar-refractivity contribution in [3.8, 4) is 11.5 Å². The van der Waals surface area contributed by atoms with Crippen LogP contribution in [0.4, 0.5) is 5.69 Å². The van der Waals surface area contributed by atoms with Gasteiger partial charge in [0.15, 0.2) is 11.5 Å². The summed E-state index contributed by atoms with van der Waals surface area (Å²) in [5, 5.41) is 6.32. The van der Waals surface area contributed by atoms with Gasteiger partial charge in [0, 0.05) is 10.2 Å². The third-order valence-corrected chi connectivity index (χ3v) is 4.92. The lowest BCUT2D eigenvalue weighted by molar-refractivity contribution is -0.136. The molecule has 2 N–H and O–H groups in total. The summed E-state index contributed by atoms with van der Waals surface area (Å²) in [5.74, 6) is -1.77. The average molecular weight is 510 g/mol. The van der Waals surface area contributed by atoms with Gasteiger partial charge in [-0.3, -0.25) is 9.59 Å². The number of hydrogen-bond donors (Lipinski definition) is 2. The summed E-state index contributed by atoms with van der Waals surface area (Å²) in [5.41, 5.74) is 4.47. The summed E-state index contributed by atoms with van der Waals surface area (Å²) in [7, 11) is 1.43. The maximum Gasteiger partial charge on any atom is 0.343 e. The largest absolute Gasteiger partial charge is 0.493 e. The number of methoxy groups -OCH3 is 1. The molecule has 0 aliphatic heterocycles. The Bertz CT molecular complexity index is 1230. The molecule has 3 aromatic rings. The van der Waals surface area contributed by atoms with Gasteiger partial charge in [0.1, 0.15) is 0 Å². The van der Waals surface area contributed by atoms with Crippen LogP contribution in [0.3, 0.4) is 0 Å². The first-order chi connectivity index (χ1) is 15.9. The fraction of sp³-hybridized carbons (Fsp3) is 0.0833. The average Bonchev–Trinajstić information content (AvgIpc) is 2.81. The van der Waals surface area contributed by atoms with Crippen LogP contribution in [0.25, 0.3) is 0 Å². The number of ether oxygens (including phenoxy) is 2. The Morgan fingerprint density at radius 3 is 2.45 bits per heavy atom. The van der Waals surface area contributed by atoms with Crippen LogP contribution in [0.15, 0.2) is 76.3 Å². The highest BCUT2D eigenvalue weighted by Crippen LogP contribution is 2.28. The maximum atomic E-state index is 12.4. The normalized spacial score (nSPS) is 10.5. The number of anilines is 1. The summed E-state index contributed by atoms with van der Waals surface area (Å²) < 4.78 is 11.5. The number of benzene rings is 3. The molecule has 0 atom stereocenters. The highest BCUT2D eigenvalue weighted by Gasteiger charge is 2.15. The lowest BCUT2D eigenvalue weighted by atomic mass is 10.2. The first-order valence-corrected chi connectivity index (χ1v) is 10.5. The molecule has 9 heteroatoms. The number of nitrogens with zero attached hydrogens (tertiary/aromatic N) is 1. The van der Waals surface area contributed by atoms with E-state index in [1.54, 1.807) is 54.6 Å². The number of hydrazone groups is 1. The van der Waals surface area contributed by atoms with Gasteiger partial charge in [-0.1, -0.05) is 40.2 Å². The SMILES string of the molecule is COc1cc(/C=N\NC(=O)C(=O)Nc2ccccc2C)ccc1OC(=O)c1cccc(Br)c1. The van der Waals surface area contributed by atoms with Crippen molar-refractivity contribution in [2.75, 3.05) is 12.4 Å². The van der Waals surface area contributed by atoms with Gasteiger partial charge < -0.3 is 14.8 Å². The molecule has 0 aliphatic carbocycles. The number of nitrogens with one attached hydrogen (secondary N) is 2. The Morgan fingerprint density at radius 2 is 1.73 bits per heavy atom. The number of carbonyl (C=O) groups is 3. The molecule has 168 valence electrons. The highest BCUT2D eigenvalue weighted by atomic mass is 79.9. The Morgan fingerprint density at radius 1 is 0.939 bits per heavy atom. The Balaban J connectivity index is 1.62. The van der Waals surface area contributed by atoms with E-state index in [2.05, 4.69) is 31.8 Å². The molecule has 33 heavy (non-hydrogen) atoms. The molecular weight excluding hydrogens is 490 g/mol. The van der Waals surface area contributed by atoms with Crippen LogP contribution < -0.4 is 20.2 Å². The third kappa shape index (κ3) is 6.50. The summed E-state index contributed by atoms with van der Waals surface area (Å²) in [6.07, 6.45) is 1.33. The molecule has 0 radical (unpaired) electrons. The van der Waals surface area contributed by atoms with E-state index in [0.717, 1.165) is 10.0 Å². The van der Waals surface area contributed by atoms with Crippen molar-refractivity contribution in [1.82, 2.24) is 5.43 Å². The number of para-hydroxylation sites is 1. The van der Waals surface area contributed by atoms with Crippen molar-refractivity contribution >= 4 is 45.6 Å². The quantitative estimate of drug-likeness (QED) is 0.171. The minimum absolute atomic E-state index is 0.223. The maximum absolute atomic E-state index is 12.4. The molecule has 8 nitrogen and oxygen atoms in total. The van der Waals surface area contributed by atoms with Crippen molar-refractivity contribution in [2.24, 2.45) is 5.10 Å². The molecule has 0 bridgehead atoms. The summed E-state index contributed by atoms with van der Waals surface area (Å²) in [4.78, 5) is 36.4. The first kappa shape index (κ1) is 23.7. The monoisotopic (exact) mass is 509 g/mol. The predicted octanol–water partition coefficient (Wildman–Crippen LogP) is 4.07. The second kappa shape index (κ2) is 11.1. The van der Waals surface area contributed by atoms with Crippen LogP contribution >= 0.6 is 15.9 Å². The van der Waals surface area contributed by atoms with Crippen molar-refractivity contribution in [2.45, 2.75) is 6.92 Å². The zero-order valence-electron chi connectivity index (χ0n) is 17.8. The zero-order valence-corrected chi connectivity index (χ0v) is 19.4. The van der Waals surface area contributed by atoms with Gasteiger partial charge >= 0.3 is 17.8 Å². The Kier molecular flexibility index (Phi) is 7.93. The predicted molar refractivity (Wildman–Crippen MR) is 128 cm³/mol. The van der Waals surface area contributed by atoms with Crippen molar-refractivity contribution in [1.29, 1.82) is 0 Å². The fourth-order valence-electron chi connectivity index (χ4n) is 2.73. The van der Waals surface area contributed by atoms with Gasteiger partial charge in [-0.2, -0.15) is 5.10 Å². The van der Waals surface area contributed by atoms with Crippen LogP contribution in [0, 0.1) is 6.92 Å². The minimum atomic E-state index is -0.916. The van der Waals surface area contributed by atoms with Gasteiger partial charge in [-0.25, -0.2) is 10.2 Å². The Hall–Kier alpha value is -3.98. The molecule has 0 saturated heterocycles. The van der Waals surface area contributed by atoms with E-state index in [9.17, 15) is 14.4 Å². The second-order valence-corrected chi connectivity index (χ2v) is 7.69. The number of hydrogen-bond acceptors (Lipinski definition) is 6. The summed E-state index contributed by atoms with van der Waals surface area (Å²) >= 11 is 3.31. The van der Waals surface area contributed by atoms with E-state index in [1.807, 2.05) is 19.1 Å². The molecular formula is C24H20BrN3O5. The number of halogens is 1. The van der Waals surface area contributed by atoms with Crippen LogP contribution in [-0.4, -0.2) is 31.1 Å². The first-order valence-electron chi connectivity index (χ1n) is 9.73. The van der Waals surface area contributed by atoms with Crippen LogP contribution in [0.1, 0.15) is 21.5 Å². The highest BCUT2D eigenvalue weighted by molar-refractivity contribution is 9.10. The van der Waals surface area contributed by atoms with Crippen molar-refractivity contribution in [3.63, 3.8) is 0 Å². The smallest absolute Gasteiger partial charge is 0.343 e. The topological polar surface area (TPSA) is 106 Å². The van der Waals surface area contributed by atoms with Gasteiger partial charge in [0.25, 0.3) is 0 Å². The van der Waals surface area contributed by atoms with Crippen molar-refractivity contribution in [3.05, 3.63) is 87.9 Å². The molecule has 0 fully saturated rings. The molecule has 0 aliphatic rings. The van der Waals surface area contributed by atoms with Crippen LogP contribution in [0.5, 0.6) is 11.5 Å². The van der Waals surface area contributed by atoms with Crippen LogP contribution in [-0.2, 0) is 9.59 Å². The minimum Gasteiger partial charge on any atom is -0.493 e. The lowest BCUT2D eigenvalue weighted by Crippen LogP contribution is -2.32. The Labute approximate surface area is 198 Å². The molecule has 0 unspecified atom stereocenters. The molecule has 3 aromatic carbocycles. The van der Waals surface area contributed by atoms with E-state index in [-0.39, 0.29) is 5.75 Å². The molecule has 2 amide bonds. The third-order valence-electron chi connectivity index (χ3n) is 4.43. The fourth-order valence-corrected chi connectivity index (χ4v) is 3.13. The van der Waals surface area contributed by atoms with Gasteiger partial charge in [-0.15, -0.1) is 0 Å². The number of esters is 1. The van der Waals surface area contributed by atoms with E-state index in [1.165, 1.54) is 13.3 Å². The molecule has 0 spiro atoms. The summed E-state index contributed by atoms with van der Waals surface area (Å²) in [6, 6.07) is 18.7. The van der Waals surface area contributed by atoms with E-state index >= 15 is 0 Å².